The highest BCUT2D eigenvalue weighted by Crippen LogP contribution is 2.61. The third kappa shape index (κ3) is 3.93. The van der Waals surface area contributed by atoms with E-state index in [4.69, 9.17) is 20.2 Å². The van der Waals surface area contributed by atoms with Crippen molar-refractivity contribution in [1.82, 2.24) is 4.90 Å². The van der Waals surface area contributed by atoms with E-state index in [1.54, 1.807) is 13.2 Å². The van der Waals surface area contributed by atoms with E-state index >= 15 is 0 Å². The molecule has 1 fully saturated rings. The van der Waals surface area contributed by atoms with Gasteiger partial charge in [0.1, 0.15) is 12.4 Å². The van der Waals surface area contributed by atoms with Crippen LogP contribution in [0.15, 0.2) is 40.6 Å². The van der Waals surface area contributed by atoms with Crippen LogP contribution in [0.2, 0.25) is 0 Å². The number of methoxy groups -OCH3 is 1. The second-order valence-corrected chi connectivity index (χ2v) is 9.37. The molecule has 7 heteroatoms. The van der Waals surface area contributed by atoms with Crippen molar-refractivity contribution in [2.75, 3.05) is 26.9 Å². The van der Waals surface area contributed by atoms with Crippen LogP contribution < -0.4 is 5.73 Å². The minimum Gasteiger partial charge on any atom is -0.493 e. The van der Waals surface area contributed by atoms with Gasteiger partial charge in [-0.25, -0.2) is 9.38 Å². The van der Waals surface area contributed by atoms with E-state index in [1.165, 1.54) is 4.90 Å². The zero-order valence-corrected chi connectivity index (χ0v) is 19.2. The number of fused-ring (bicyclic) bond motifs is 1. The summed E-state index contributed by atoms with van der Waals surface area (Å²) < 4.78 is 24.7. The molecule has 1 unspecified atom stereocenters. The zero-order chi connectivity index (χ0) is 22.8. The number of halogens is 1. The van der Waals surface area contributed by atoms with Crippen molar-refractivity contribution in [1.29, 1.82) is 0 Å². The van der Waals surface area contributed by atoms with Gasteiger partial charge in [-0.05, 0) is 62.7 Å². The summed E-state index contributed by atoms with van der Waals surface area (Å²) in [6, 6.07) is 0. The molecule has 1 aliphatic heterocycles. The van der Waals surface area contributed by atoms with E-state index in [2.05, 4.69) is 20.4 Å². The van der Waals surface area contributed by atoms with Crippen LogP contribution in [0, 0.1) is 11.3 Å². The van der Waals surface area contributed by atoms with E-state index in [9.17, 15) is 9.18 Å². The predicted molar refractivity (Wildman–Crippen MR) is 120 cm³/mol. The first kappa shape index (κ1) is 23.5. The van der Waals surface area contributed by atoms with Gasteiger partial charge < -0.3 is 15.2 Å². The maximum Gasteiger partial charge on any atom is 0.262 e. The normalized spacial score (nSPS) is 31.4. The molecule has 0 aromatic carbocycles. The SMILES string of the molecule is C=C/C(=C\C1=C(C)CC2(CCC(OC)CC2)C12N=C(N)N(CCF)C2=O)OCC(C)C. The molecule has 0 radical (unpaired) electrons. The van der Waals surface area contributed by atoms with Crippen LogP contribution in [-0.4, -0.2) is 55.3 Å². The minimum atomic E-state index is -1.15. The highest BCUT2D eigenvalue weighted by Gasteiger charge is 2.66. The lowest BCUT2D eigenvalue weighted by molar-refractivity contribution is -0.135. The van der Waals surface area contributed by atoms with Gasteiger partial charge in [0, 0.05) is 12.5 Å². The van der Waals surface area contributed by atoms with Crippen LogP contribution in [-0.2, 0) is 14.3 Å². The number of rotatable bonds is 8. The molecule has 1 atom stereocenters. The van der Waals surface area contributed by atoms with Crippen molar-refractivity contribution in [2.45, 2.75) is 64.5 Å². The smallest absolute Gasteiger partial charge is 0.262 e. The number of alkyl halides is 1. The fraction of sp³-hybridized carbons (Fsp3) is 0.667. The number of carbonyl (C=O) groups is 1. The highest BCUT2D eigenvalue weighted by molar-refractivity contribution is 6.10. The van der Waals surface area contributed by atoms with Crippen LogP contribution in [0.3, 0.4) is 0 Å². The number of ether oxygens (including phenoxy) is 2. The Labute approximate surface area is 185 Å². The van der Waals surface area contributed by atoms with Gasteiger partial charge >= 0.3 is 0 Å². The Bertz CT molecular complexity index is 809. The molecule has 3 rings (SSSR count). The van der Waals surface area contributed by atoms with Gasteiger partial charge in [-0.3, -0.25) is 9.69 Å². The number of hydrogen-bond donors (Lipinski definition) is 1. The number of nitrogens with two attached hydrogens (primary N) is 1. The molecule has 172 valence electrons. The Kier molecular flexibility index (Phi) is 6.94. The van der Waals surface area contributed by atoms with Crippen molar-refractivity contribution in [3.05, 3.63) is 35.6 Å². The second kappa shape index (κ2) is 9.15. The predicted octanol–water partition coefficient (Wildman–Crippen LogP) is 3.89. The number of allylic oxidation sites excluding steroid dienone is 2. The molecule has 3 aliphatic rings. The van der Waals surface area contributed by atoms with Gasteiger partial charge in [0.25, 0.3) is 5.91 Å². The third-order valence-corrected chi connectivity index (χ3v) is 6.94. The average molecular weight is 434 g/mol. The number of carbonyl (C=O) groups excluding carboxylic acids is 1. The lowest BCUT2D eigenvalue weighted by atomic mass is 9.60. The van der Waals surface area contributed by atoms with Crippen LogP contribution in [0.1, 0.15) is 52.9 Å². The first-order chi connectivity index (χ1) is 14.7. The summed E-state index contributed by atoms with van der Waals surface area (Å²) >= 11 is 0. The molecule has 6 nitrogen and oxygen atoms in total. The molecule has 0 aromatic rings. The molecule has 31 heavy (non-hydrogen) atoms. The largest absolute Gasteiger partial charge is 0.493 e. The van der Waals surface area contributed by atoms with E-state index in [1.807, 2.05) is 13.0 Å². The van der Waals surface area contributed by atoms with Crippen LogP contribution >= 0.6 is 0 Å². The Balaban J connectivity index is 2.09. The van der Waals surface area contributed by atoms with E-state index < -0.39 is 17.6 Å². The minimum absolute atomic E-state index is 0.0824. The van der Waals surface area contributed by atoms with Crippen LogP contribution in [0.25, 0.3) is 0 Å². The third-order valence-electron chi connectivity index (χ3n) is 6.94. The number of guanidine groups is 1. The van der Waals surface area contributed by atoms with Crippen molar-refractivity contribution in [3.8, 4) is 0 Å². The summed E-state index contributed by atoms with van der Waals surface area (Å²) in [4.78, 5) is 20.0. The molecule has 0 bridgehead atoms. The Hall–Kier alpha value is -2.15. The number of nitrogens with zero attached hydrogens (tertiary/aromatic N) is 2. The molecular weight excluding hydrogens is 397 g/mol. The van der Waals surface area contributed by atoms with Crippen molar-refractivity contribution in [2.24, 2.45) is 22.1 Å². The number of hydrogen-bond acceptors (Lipinski definition) is 5. The molecule has 1 amide bonds. The van der Waals surface area contributed by atoms with E-state index in [-0.39, 0.29) is 24.5 Å². The molecule has 2 N–H and O–H groups in total. The van der Waals surface area contributed by atoms with Gasteiger partial charge in [0.2, 0.25) is 0 Å². The maximum atomic E-state index is 13.8. The summed E-state index contributed by atoms with van der Waals surface area (Å²) in [5.74, 6) is 0.831. The topological polar surface area (TPSA) is 77.2 Å². The van der Waals surface area contributed by atoms with Gasteiger partial charge in [-0.15, -0.1) is 0 Å². The Morgan fingerprint density at radius 2 is 2.10 bits per heavy atom. The van der Waals surface area contributed by atoms with Gasteiger partial charge in [0.05, 0.1) is 19.3 Å². The molecule has 0 saturated heterocycles. The maximum absolute atomic E-state index is 13.8. The summed E-state index contributed by atoms with van der Waals surface area (Å²) in [5.41, 5.74) is 6.56. The molecule has 0 aromatic heterocycles. The first-order valence-electron chi connectivity index (χ1n) is 11.2. The lowest BCUT2D eigenvalue weighted by Crippen LogP contribution is -2.55. The van der Waals surface area contributed by atoms with E-state index in [0.29, 0.717) is 18.3 Å². The van der Waals surface area contributed by atoms with Crippen molar-refractivity contribution < 1.29 is 18.7 Å². The number of aliphatic imine (C=N–C) groups is 1. The second-order valence-electron chi connectivity index (χ2n) is 9.37. The monoisotopic (exact) mass is 433 g/mol. The molecular formula is C24H36FN3O3. The molecule has 1 heterocycles. The van der Waals surface area contributed by atoms with Crippen LogP contribution in [0.4, 0.5) is 4.39 Å². The molecule has 2 aliphatic carbocycles. The average Bonchev–Trinajstić information content (AvgIpc) is 3.12. The standard InChI is InChI=1S/C24H36FN3O3/c1-6-18(31-15-16(2)3)13-20-17(4)14-23(9-7-19(30-5)8-10-23)24(20)21(29)28(12-11-25)22(26)27-24/h6,13,16,19H,1,7-12,14-15H2,2-5H3,(H2,26,27)/b18-13+. The Morgan fingerprint density at radius 1 is 1.42 bits per heavy atom. The van der Waals surface area contributed by atoms with E-state index in [0.717, 1.165) is 43.3 Å². The molecule has 1 saturated carbocycles. The van der Waals surface area contributed by atoms with Gasteiger partial charge in [-0.2, -0.15) is 0 Å². The van der Waals surface area contributed by atoms with Crippen molar-refractivity contribution in [3.63, 3.8) is 0 Å². The fourth-order valence-electron chi connectivity index (χ4n) is 5.44. The summed E-state index contributed by atoms with van der Waals surface area (Å²) in [5, 5.41) is 0. The Morgan fingerprint density at radius 3 is 2.65 bits per heavy atom. The first-order valence-corrected chi connectivity index (χ1v) is 11.2. The van der Waals surface area contributed by atoms with Crippen molar-refractivity contribution >= 4 is 11.9 Å². The summed E-state index contributed by atoms with van der Waals surface area (Å²) in [6.07, 6.45) is 7.78. The lowest BCUT2D eigenvalue weighted by Gasteiger charge is -2.46. The summed E-state index contributed by atoms with van der Waals surface area (Å²) in [7, 11) is 1.73. The number of amides is 1. The highest BCUT2D eigenvalue weighted by atomic mass is 19.1. The molecule has 2 spiro atoms. The quantitative estimate of drug-likeness (QED) is 0.465. The van der Waals surface area contributed by atoms with Gasteiger partial charge in [0.15, 0.2) is 11.5 Å². The fourth-order valence-corrected chi connectivity index (χ4v) is 5.44. The zero-order valence-electron chi connectivity index (χ0n) is 19.2. The summed E-state index contributed by atoms with van der Waals surface area (Å²) in [6.45, 7) is 9.88. The van der Waals surface area contributed by atoms with Crippen LogP contribution in [0.5, 0.6) is 0 Å². The van der Waals surface area contributed by atoms with Gasteiger partial charge in [-0.1, -0.05) is 26.0 Å².